The molecule has 1 aromatic rings. The van der Waals surface area contributed by atoms with Gasteiger partial charge in [-0.15, -0.1) is 0 Å². The van der Waals surface area contributed by atoms with Crippen LogP contribution in [0.25, 0.3) is 0 Å². The Morgan fingerprint density at radius 1 is 1.00 bits per heavy atom. The van der Waals surface area contributed by atoms with Crippen molar-refractivity contribution < 1.29 is 35.5 Å². The molecule has 8 heteroatoms. The SMILES string of the molecule is CCCc1ccccc1C(CC(F)(F)C(F)(F)C(F)(F)F)OC. The Morgan fingerprint density at radius 2 is 1.57 bits per heavy atom. The molecule has 0 aliphatic carbocycles. The predicted molar refractivity (Wildman–Crippen MR) is 70.8 cm³/mol. The molecule has 1 unspecified atom stereocenters. The Hall–Kier alpha value is -1.31. The summed E-state index contributed by atoms with van der Waals surface area (Å²) in [6.45, 7) is 1.82. The van der Waals surface area contributed by atoms with Gasteiger partial charge in [0.15, 0.2) is 0 Å². The number of benzene rings is 1. The van der Waals surface area contributed by atoms with Crippen LogP contribution in [0.4, 0.5) is 30.7 Å². The first kappa shape index (κ1) is 19.7. The summed E-state index contributed by atoms with van der Waals surface area (Å²) >= 11 is 0. The molecule has 0 aliphatic rings. The van der Waals surface area contributed by atoms with Crippen molar-refractivity contribution >= 4 is 0 Å². The van der Waals surface area contributed by atoms with Crippen LogP contribution in [-0.2, 0) is 11.2 Å². The third-order valence-corrected chi connectivity index (χ3v) is 3.46. The molecule has 23 heavy (non-hydrogen) atoms. The largest absolute Gasteiger partial charge is 0.459 e. The van der Waals surface area contributed by atoms with E-state index in [4.69, 9.17) is 4.74 Å². The molecule has 0 saturated carbocycles. The Kier molecular flexibility index (Phi) is 6.06. The van der Waals surface area contributed by atoms with E-state index < -0.39 is 30.5 Å². The van der Waals surface area contributed by atoms with Crippen molar-refractivity contribution in [1.82, 2.24) is 0 Å². The van der Waals surface area contributed by atoms with Crippen LogP contribution in [0.2, 0.25) is 0 Å². The van der Waals surface area contributed by atoms with Gasteiger partial charge in [0.1, 0.15) is 0 Å². The number of methoxy groups -OCH3 is 1. The van der Waals surface area contributed by atoms with Crippen LogP contribution in [0.1, 0.15) is 37.0 Å². The van der Waals surface area contributed by atoms with Gasteiger partial charge in [0, 0.05) is 13.5 Å². The number of halogens is 7. The lowest BCUT2D eigenvalue weighted by Gasteiger charge is -2.31. The van der Waals surface area contributed by atoms with Crippen LogP contribution in [0.15, 0.2) is 24.3 Å². The summed E-state index contributed by atoms with van der Waals surface area (Å²) in [5, 5.41) is 0. The van der Waals surface area contributed by atoms with Crippen molar-refractivity contribution in [3.63, 3.8) is 0 Å². The number of hydrogen-bond acceptors (Lipinski definition) is 1. The fraction of sp³-hybridized carbons (Fsp3) is 0.600. The average Bonchev–Trinajstić information content (AvgIpc) is 2.44. The molecule has 0 saturated heterocycles. The van der Waals surface area contributed by atoms with Gasteiger partial charge in [-0.1, -0.05) is 37.6 Å². The predicted octanol–water partition coefficient (Wildman–Crippen LogP) is 5.55. The number of aryl methyl sites for hydroxylation is 1. The normalized spacial score (nSPS) is 14.8. The van der Waals surface area contributed by atoms with Gasteiger partial charge in [-0.05, 0) is 17.5 Å². The molecule has 0 aromatic heterocycles. The van der Waals surface area contributed by atoms with Gasteiger partial charge < -0.3 is 4.74 Å². The molecular weight excluding hydrogens is 329 g/mol. The molecule has 0 spiro atoms. The lowest BCUT2D eigenvalue weighted by molar-refractivity contribution is -0.358. The van der Waals surface area contributed by atoms with Crippen LogP contribution < -0.4 is 0 Å². The minimum Gasteiger partial charge on any atom is -0.377 e. The van der Waals surface area contributed by atoms with E-state index in [1.165, 1.54) is 12.1 Å². The molecule has 1 nitrogen and oxygen atoms in total. The van der Waals surface area contributed by atoms with E-state index in [0.717, 1.165) is 7.11 Å². The lowest BCUT2D eigenvalue weighted by Crippen LogP contribution is -2.52. The standard InChI is InChI=1S/C15H17F7O/c1-3-6-10-7-4-5-8-11(10)12(23-2)9-13(16,17)14(18,19)15(20,21)22/h4-5,7-8,12H,3,6,9H2,1-2H3. The molecule has 1 atom stereocenters. The van der Waals surface area contributed by atoms with E-state index in [-0.39, 0.29) is 5.56 Å². The van der Waals surface area contributed by atoms with Crippen molar-refractivity contribution in [2.24, 2.45) is 0 Å². The van der Waals surface area contributed by atoms with Gasteiger partial charge >= 0.3 is 18.0 Å². The molecule has 0 heterocycles. The Labute approximate surface area is 129 Å². The Balaban J connectivity index is 3.14. The second-order valence-electron chi connectivity index (χ2n) is 5.15. The lowest BCUT2D eigenvalue weighted by atomic mass is 9.93. The van der Waals surface area contributed by atoms with Crippen LogP contribution in [-0.4, -0.2) is 25.1 Å². The van der Waals surface area contributed by atoms with Crippen molar-refractivity contribution in [2.45, 2.75) is 50.3 Å². The van der Waals surface area contributed by atoms with Crippen molar-refractivity contribution in [3.8, 4) is 0 Å². The first-order valence-electron chi connectivity index (χ1n) is 6.91. The van der Waals surface area contributed by atoms with E-state index >= 15 is 0 Å². The zero-order valence-corrected chi connectivity index (χ0v) is 12.6. The van der Waals surface area contributed by atoms with Crippen molar-refractivity contribution in [2.75, 3.05) is 7.11 Å². The maximum absolute atomic E-state index is 13.6. The van der Waals surface area contributed by atoms with Gasteiger partial charge in [-0.3, -0.25) is 0 Å². The van der Waals surface area contributed by atoms with E-state index in [2.05, 4.69) is 0 Å². The van der Waals surface area contributed by atoms with Crippen LogP contribution in [0.3, 0.4) is 0 Å². The topological polar surface area (TPSA) is 9.23 Å². The molecule has 1 aromatic carbocycles. The smallest absolute Gasteiger partial charge is 0.377 e. The highest BCUT2D eigenvalue weighted by atomic mass is 19.4. The Bertz CT molecular complexity index is 511. The number of rotatable bonds is 7. The van der Waals surface area contributed by atoms with Gasteiger partial charge in [-0.2, -0.15) is 30.7 Å². The minimum absolute atomic E-state index is 0.189. The van der Waals surface area contributed by atoms with Crippen molar-refractivity contribution in [1.29, 1.82) is 0 Å². The van der Waals surface area contributed by atoms with E-state index in [1.54, 1.807) is 12.1 Å². The maximum atomic E-state index is 13.6. The summed E-state index contributed by atoms with van der Waals surface area (Å²) < 4.78 is 94.7. The molecule has 0 aliphatic heterocycles. The minimum atomic E-state index is -6.34. The first-order chi connectivity index (χ1) is 10.5. The highest BCUT2D eigenvalue weighted by Gasteiger charge is 2.73. The average molecular weight is 346 g/mol. The summed E-state index contributed by atoms with van der Waals surface area (Å²) in [4.78, 5) is 0. The van der Waals surface area contributed by atoms with Crippen molar-refractivity contribution in [3.05, 3.63) is 35.4 Å². The summed E-state index contributed by atoms with van der Waals surface area (Å²) in [5.41, 5.74) is 0.766. The van der Waals surface area contributed by atoms with E-state index in [0.29, 0.717) is 18.4 Å². The molecule has 0 N–H and O–H groups in total. The van der Waals surface area contributed by atoms with Gasteiger partial charge in [0.25, 0.3) is 0 Å². The summed E-state index contributed by atoms with van der Waals surface area (Å²) in [6.07, 6.45) is -8.55. The summed E-state index contributed by atoms with van der Waals surface area (Å²) in [5.74, 6) is -11.4. The second-order valence-corrected chi connectivity index (χ2v) is 5.15. The molecule has 132 valence electrons. The number of ether oxygens (including phenoxy) is 1. The van der Waals surface area contributed by atoms with Crippen LogP contribution in [0, 0.1) is 0 Å². The first-order valence-corrected chi connectivity index (χ1v) is 6.91. The fourth-order valence-electron chi connectivity index (χ4n) is 2.23. The highest BCUT2D eigenvalue weighted by molar-refractivity contribution is 5.29. The van der Waals surface area contributed by atoms with Crippen LogP contribution >= 0.6 is 0 Å². The third kappa shape index (κ3) is 4.16. The molecule has 0 bridgehead atoms. The van der Waals surface area contributed by atoms with Crippen LogP contribution in [0.5, 0.6) is 0 Å². The quantitative estimate of drug-likeness (QED) is 0.588. The highest BCUT2D eigenvalue weighted by Crippen LogP contribution is 2.50. The molecular formula is C15H17F7O. The van der Waals surface area contributed by atoms with Gasteiger partial charge in [0.2, 0.25) is 0 Å². The number of alkyl halides is 7. The monoisotopic (exact) mass is 346 g/mol. The summed E-state index contributed by atoms with van der Waals surface area (Å²) in [6, 6.07) is 6.11. The maximum Gasteiger partial charge on any atom is 0.459 e. The molecule has 0 amide bonds. The summed E-state index contributed by atoms with van der Waals surface area (Å²) in [7, 11) is 0.995. The van der Waals surface area contributed by atoms with Gasteiger partial charge in [-0.25, -0.2) is 0 Å². The second kappa shape index (κ2) is 7.07. The molecule has 1 rings (SSSR count). The zero-order valence-electron chi connectivity index (χ0n) is 12.6. The fourth-order valence-corrected chi connectivity index (χ4v) is 2.23. The molecule has 0 fully saturated rings. The third-order valence-electron chi connectivity index (χ3n) is 3.46. The number of hydrogen-bond donors (Lipinski definition) is 0. The zero-order chi connectivity index (χ0) is 17.9. The van der Waals surface area contributed by atoms with E-state index in [1.807, 2.05) is 6.92 Å². The Morgan fingerprint density at radius 3 is 2.04 bits per heavy atom. The van der Waals surface area contributed by atoms with Gasteiger partial charge in [0.05, 0.1) is 6.10 Å². The van der Waals surface area contributed by atoms with E-state index in [9.17, 15) is 30.7 Å². The molecule has 0 radical (unpaired) electrons.